The van der Waals surface area contributed by atoms with Gasteiger partial charge >= 0.3 is 0 Å². The van der Waals surface area contributed by atoms with Crippen molar-refractivity contribution < 1.29 is 18.0 Å². The normalized spacial score (nSPS) is 12.6. The fraction of sp³-hybridized carbons (Fsp3) is 0.278. The first-order valence-electron chi connectivity index (χ1n) is 15.2. The summed E-state index contributed by atoms with van der Waals surface area (Å²) >= 11 is 3.47. The van der Waals surface area contributed by atoms with E-state index in [4.69, 9.17) is 0 Å². The molecule has 0 fully saturated rings. The number of benzene rings is 4. The smallest absolute Gasteiger partial charge is 0.264 e. The molecule has 0 saturated heterocycles. The Hall–Kier alpha value is -3.95. The summed E-state index contributed by atoms with van der Waals surface area (Å²) < 4.78 is 30.2. The monoisotopic (exact) mass is 689 g/mol. The Labute approximate surface area is 275 Å². The lowest BCUT2D eigenvalue weighted by atomic mass is 10.0. The summed E-state index contributed by atoms with van der Waals surface area (Å²) in [6, 6.07) is 31.4. The van der Waals surface area contributed by atoms with Crippen LogP contribution in [-0.4, -0.2) is 43.8 Å². The van der Waals surface area contributed by atoms with E-state index in [1.807, 2.05) is 87.5 Å². The average Bonchev–Trinajstić information content (AvgIpc) is 3.06. The number of anilines is 1. The minimum atomic E-state index is -4.13. The molecular formula is C36H40BrN3O4S. The van der Waals surface area contributed by atoms with Gasteiger partial charge in [-0.3, -0.25) is 13.9 Å². The maximum absolute atomic E-state index is 14.5. The van der Waals surface area contributed by atoms with Gasteiger partial charge in [0.1, 0.15) is 12.6 Å². The van der Waals surface area contributed by atoms with Gasteiger partial charge in [0.05, 0.1) is 10.6 Å². The van der Waals surface area contributed by atoms with Gasteiger partial charge in [-0.1, -0.05) is 103 Å². The number of carbonyl (C=O) groups is 2. The van der Waals surface area contributed by atoms with E-state index in [0.29, 0.717) is 5.69 Å². The van der Waals surface area contributed by atoms with E-state index in [1.165, 1.54) is 17.0 Å². The van der Waals surface area contributed by atoms with Crippen molar-refractivity contribution in [1.82, 2.24) is 10.2 Å². The van der Waals surface area contributed by atoms with E-state index in [1.54, 1.807) is 30.3 Å². The highest BCUT2D eigenvalue weighted by molar-refractivity contribution is 9.10. The second kappa shape index (κ2) is 15.9. The van der Waals surface area contributed by atoms with Gasteiger partial charge in [-0.2, -0.15) is 0 Å². The molecule has 0 radical (unpaired) electrons. The zero-order valence-corrected chi connectivity index (χ0v) is 28.3. The van der Waals surface area contributed by atoms with E-state index in [2.05, 4.69) is 21.2 Å². The van der Waals surface area contributed by atoms with Crippen LogP contribution in [0, 0.1) is 0 Å². The number of nitrogens with zero attached hydrogens (tertiary/aromatic N) is 2. The highest BCUT2D eigenvalue weighted by Crippen LogP contribution is 2.26. The fourth-order valence-corrected chi connectivity index (χ4v) is 6.63. The van der Waals surface area contributed by atoms with Crippen molar-refractivity contribution in [1.29, 1.82) is 0 Å². The summed E-state index contributed by atoms with van der Waals surface area (Å²) in [5, 5.41) is 3.06. The first-order chi connectivity index (χ1) is 21.6. The summed E-state index contributed by atoms with van der Waals surface area (Å²) in [5.74, 6) is -0.777. The van der Waals surface area contributed by atoms with E-state index in [-0.39, 0.29) is 29.8 Å². The Morgan fingerprint density at radius 3 is 1.93 bits per heavy atom. The molecule has 1 N–H and O–H groups in total. The van der Waals surface area contributed by atoms with E-state index in [9.17, 15) is 18.0 Å². The molecule has 0 aromatic heterocycles. The third kappa shape index (κ3) is 9.05. The van der Waals surface area contributed by atoms with Crippen molar-refractivity contribution in [2.75, 3.05) is 10.8 Å². The zero-order valence-electron chi connectivity index (χ0n) is 25.9. The fourth-order valence-electron chi connectivity index (χ4n) is 4.93. The lowest BCUT2D eigenvalue weighted by molar-refractivity contribution is -0.140. The van der Waals surface area contributed by atoms with Crippen LogP contribution in [-0.2, 0) is 39.0 Å². The number of hydrogen-bond donors (Lipinski definition) is 1. The molecule has 236 valence electrons. The van der Waals surface area contributed by atoms with Crippen LogP contribution in [0.4, 0.5) is 5.69 Å². The van der Waals surface area contributed by atoms with Gasteiger partial charge in [-0.15, -0.1) is 0 Å². The molecule has 0 aliphatic heterocycles. The lowest BCUT2D eigenvalue weighted by Crippen LogP contribution is -2.54. The number of nitrogens with one attached hydrogen (secondary N) is 1. The topological polar surface area (TPSA) is 86.8 Å². The predicted octanol–water partition coefficient (Wildman–Crippen LogP) is 6.76. The molecule has 2 atom stereocenters. The van der Waals surface area contributed by atoms with Crippen molar-refractivity contribution in [3.05, 3.63) is 130 Å². The van der Waals surface area contributed by atoms with Gasteiger partial charge in [0.2, 0.25) is 11.8 Å². The molecule has 4 rings (SSSR count). The van der Waals surface area contributed by atoms with Crippen LogP contribution in [0.5, 0.6) is 0 Å². The average molecular weight is 691 g/mol. The molecule has 9 heteroatoms. The summed E-state index contributed by atoms with van der Waals surface area (Å²) in [4.78, 5) is 30.0. The van der Waals surface area contributed by atoms with Crippen LogP contribution in [0.15, 0.2) is 119 Å². The van der Waals surface area contributed by atoms with Crippen LogP contribution >= 0.6 is 15.9 Å². The number of amides is 2. The number of aryl methyl sites for hydroxylation is 1. The minimum absolute atomic E-state index is 0.0761. The number of halogens is 1. The van der Waals surface area contributed by atoms with Crippen molar-refractivity contribution >= 4 is 43.5 Å². The van der Waals surface area contributed by atoms with Crippen molar-refractivity contribution in [3.8, 4) is 0 Å². The number of rotatable bonds is 14. The van der Waals surface area contributed by atoms with Gasteiger partial charge in [-0.05, 0) is 72.9 Å². The molecule has 0 aliphatic rings. The number of hydrogen-bond acceptors (Lipinski definition) is 4. The maximum atomic E-state index is 14.5. The summed E-state index contributed by atoms with van der Waals surface area (Å²) in [5.41, 5.74) is 3.12. The van der Waals surface area contributed by atoms with Crippen LogP contribution in [0.3, 0.4) is 0 Å². The van der Waals surface area contributed by atoms with Crippen molar-refractivity contribution in [3.63, 3.8) is 0 Å². The van der Waals surface area contributed by atoms with Crippen molar-refractivity contribution in [2.45, 2.75) is 63.6 Å². The number of sulfonamides is 1. The predicted molar refractivity (Wildman–Crippen MR) is 183 cm³/mol. The maximum Gasteiger partial charge on any atom is 0.264 e. The molecule has 7 nitrogen and oxygen atoms in total. The molecule has 2 amide bonds. The molecule has 45 heavy (non-hydrogen) atoms. The van der Waals surface area contributed by atoms with E-state index in [0.717, 1.165) is 38.3 Å². The molecule has 0 saturated carbocycles. The van der Waals surface area contributed by atoms with Gasteiger partial charge in [-0.25, -0.2) is 8.42 Å². The molecule has 0 bridgehead atoms. The Balaban J connectivity index is 1.79. The molecule has 4 aromatic carbocycles. The highest BCUT2D eigenvalue weighted by atomic mass is 79.9. The van der Waals surface area contributed by atoms with Crippen LogP contribution in [0.2, 0.25) is 0 Å². The Bertz CT molecular complexity index is 1650. The SMILES string of the molecule is CCc1ccc(N(CC(=O)N(Cc2ccc(Br)cc2)[C@H](Cc2ccccc2)C(=O)N[C@@H](C)CC)S(=O)(=O)c2ccccc2)cc1. The molecule has 0 aliphatic carbocycles. The largest absolute Gasteiger partial charge is 0.352 e. The standard InChI is InChI=1S/C36H40BrN3O4S/c1-4-27(3)38-36(42)34(24-29-12-8-6-9-13-29)39(25-30-16-20-31(37)21-17-30)35(41)26-40(32-22-18-28(5-2)19-23-32)45(43,44)33-14-10-7-11-15-33/h6-23,27,34H,4-5,24-26H2,1-3H3,(H,38,42)/t27-,34+/m0/s1. The first-order valence-corrected chi connectivity index (χ1v) is 17.4. The Kier molecular flexibility index (Phi) is 12.0. The quantitative estimate of drug-likeness (QED) is 0.159. The van der Waals surface area contributed by atoms with Crippen LogP contribution in [0.1, 0.15) is 43.9 Å². The summed E-state index contributed by atoms with van der Waals surface area (Å²) in [6.45, 7) is 5.56. The molecular weight excluding hydrogens is 650 g/mol. The second-order valence-corrected chi connectivity index (χ2v) is 13.8. The third-order valence-electron chi connectivity index (χ3n) is 7.78. The molecule has 4 aromatic rings. The van der Waals surface area contributed by atoms with E-state index < -0.39 is 28.5 Å². The lowest BCUT2D eigenvalue weighted by Gasteiger charge is -2.34. The molecule has 0 heterocycles. The van der Waals surface area contributed by atoms with Gasteiger partial charge < -0.3 is 10.2 Å². The Morgan fingerprint density at radius 1 is 0.778 bits per heavy atom. The van der Waals surface area contributed by atoms with Gasteiger partial charge in [0, 0.05) is 23.5 Å². The van der Waals surface area contributed by atoms with Crippen molar-refractivity contribution in [2.24, 2.45) is 0 Å². The molecule has 0 spiro atoms. The second-order valence-electron chi connectivity index (χ2n) is 11.0. The third-order valence-corrected chi connectivity index (χ3v) is 10.1. The highest BCUT2D eigenvalue weighted by Gasteiger charge is 2.35. The minimum Gasteiger partial charge on any atom is -0.352 e. The Morgan fingerprint density at radius 2 is 1.36 bits per heavy atom. The first kappa shape index (κ1) is 33.9. The number of carbonyl (C=O) groups excluding carboxylic acids is 2. The van der Waals surface area contributed by atoms with Crippen LogP contribution in [0.25, 0.3) is 0 Å². The van der Waals surface area contributed by atoms with Crippen LogP contribution < -0.4 is 9.62 Å². The van der Waals surface area contributed by atoms with Gasteiger partial charge in [0.25, 0.3) is 10.0 Å². The van der Waals surface area contributed by atoms with E-state index >= 15 is 0 Å². The summed E-state index contributed by atoms with van der Waals surface area (Å²) in [7, 11) is -4.13. The van der Waals surface area contributed by atoms with Gasteiger partial charge in [0.15, 0.2) is 0 Å². The zero-order chi connectivity index (χ0) is 32.4. The summed E-state index contributed by atoms with van der Waals surface area (Å²) in [6.07, 6.45) is 1.78. The molecule has 0 unspecified atom stereocenters.